The first-order valence-electron chi connectivity index (χ1n) is 3.75. The molecule has 0 aliphatic heterocycles. The second-order valence-corrected chi connectivity index (χ2v) is 4.24. The maximum Gasteiger partial charge on any atom is 0.132 e. The van der Waals surface area contributed by atoms with Gasteiger partial charge in [-0.1, -0.05) is 22.0 Å². The molecule has 0 atom stereocenters. The van der Waals surface area contributed by atoms with Gasteiger partial charge in [0.15, 0.2) is 0 Å². The van der Waals surface area contributed by atoms with Gasteiger partial charge in [-0.25, -0.2) is 4.39 Å². The summed E-state index contributed by atoms with van der Waals surface area (Å²) in [6.45, 7) is 0. The van der Waals surface area contributed by atoms with Crippen LogP contribution in [0.15, 0.2) is 39.5 Å². The second kappa shape index (κ2) is 3.60. The zero-order valence-electron chi connectivity index (χ0n) is 6.63. The molecule has 0 bridgehead atoms. The Labute approximate surface area is 88.2 Å². The van der Waals surface area contributed by atoms with Crippen LogP contribution in [0.4, 0.5) is 4.39 Å². The standard InChI is InChI=1S/C10H6BrFS/c11-8-2-1-3-9(12)10(8)7-4-5-13-6-7/h1-6H. The normalized spacial score (nSPS) is 10.3. The van der Waals surface area contributed by atoms with E-state index in [1.54, 1.807) is 17.4 Å². The molecule has 1 heterocycles. The lowest BCUT2D eigenvalue weighted by molar-refractivity contribution is 0.630. The van der Waals surface area contributed by atoms with E-state index in [-0.39, 0.29) is 5.82 Å². The molecule has 0 unspecified atom stereocenters. The lowest BCUT2D eigenvalue weighted by atomic mass is 10.1. The minimum atomic E-state index is -0.187. The molecule has 66 valence electrons. The molecule has 0 fully saturated rings. The van der Waals surface area contributed by atoms with Crippen molar-refractivity contribution in [1.82, 2.24) is 0 Å². The third-order valence-corrected chi connectivity index (χ3v) is 3.12. The Morgan fingerprint density at radius 2 is 2.08 bits per heavy atom. The monoisotopic (exact) mass is 256 g/mol. The van der Waals surface area contributed by atoms with Gasteiger partial charge in [-0.15, -0.1) is 0 Å². The fraction of sp³-hybridized carbons (Fsp3) is 0. The van der Waals surface area contributed by atoms with Crippen molar-refractivity contribution in [2.24, 2.45) is 0 Å². The first-order chi connectivity index (χ1) is 6.29. The number of benzene rings is 1. The number of halogens is 2. The smallest absolute Gasteiger partial charge is 0.132 e. The van der Waals surface area contributed by atoms with Crippen molar-refractivity contribution in [2.75, 3.05) is 0 Å². The van der Waals surface area contributed by atoms with E-state index in [4.69, 9.17) is 0 Å². The van der Waals surface area contributed by atoms with Crippen LogP contribution in [0.2, 0.25) is 0 Å². The lowest BCUT2D eigenvalue weighted by Gasteiger charge is -2.02. The van der Waals surface area contributed by atoms with Gasteiger partial charge in [-0.3, -0.25) is 0 Å². The van der Waals surface area contributed by atoms with Crippen LogP contribution in [0.25, 0.3) is 11.1 Å². The molecule has 0 N–H and O–H groups in total. The van der Waals surface area contributed by atoms with Gasteiger partial charge in [0.25, 0.3) is 0 Å². The van der Waals surface area contributed by atoms with Crippen molar-refractivity contribution < 1.29 is 4.39 Å². The van der Waals surface area contributed by atoms with Gasteiger partial charge in [-0.2, -0.15) is 11.3 Å². The van der Waals surface area contributed by atoms with Gasteiger partial charge in [0.05, 0.1) is 0 Å². The Morgan fingerprint density at radius 1 is 1.23 bits per heavy atom. The predicted octanol–water partition coefficient (Wildman–Crippen LogP) is 4.32. The Bertz CT molecular complexity index is 389. The van der Waals surface area contributed by atoms with Crippen LogP contribution in [-0.4, -0.2) is 0 Å². The van der Waals surface area contributed by atoms with Crippen LogP contribution in [0.3, 0.4) is 0 Å². The van der Waals surface area contributed by atoms with Crippen LogP contribution in [0.1, 0.15) is 0 Å². The Balaban J connectivity index is 2.64. The third kappa shape index (κ3) is 1.67. The Kier molecular flexibility index (Phi) is 2.47. The van der Waals surface area contributed by atoms with E-state index in [0.717, 1.165) is 10.0 Å². The number of hydrogen-bond acceptors (Lipinski definition) is 1. The molecule has 1 aromatic heterocycles. The number of hydrogen-bond donors (Lipinski definition) is 0. The van der Waals surface area contributed by atoms with Gasteiger partial charge >= 0.3 is 0 Å². The summed E-state index contributed by atoms with van der Waals surface area (Å²) in [6.07, 6.45) is 0. The molecule has 3 heteroatoms. The highest BCUT2D eigenvalue weighted by Crippen LogP contribution is 2.31. The van der Waals surface area contributed by atoms with E-state index in [2.05, 4.69) is 15.9 Å². The number of rotatable bonds is 1. The van der Waals surface area contributed by atoms with Gasteiger partial charge in [0.1, 0.15) is 5.82 Å². The highest BCUT2D eigenvalue weighted by Gasteiger charge is 2.08. The molecular formula is C10H6BrFS. The summed E-state index contributed by atoms with van der Waals surface area (Å²) in [4.78, 5) is 0. The van der Waals surface area contributed by atoms with E-state index in [1.165, 1.54) is 6.07 Å². The van der Waals surface area contributed by atoms with Crippen LogP contribution in [0, 0.1) is 5.82 Å². The summed E-state index contributed by atoms with van der Waals surface area (Å²) < 4.78 is 14.2. The zero-order chi connectivity index (χ0) is 9.26. The lowest BCUT2D eigenvalue weighted by Crippen LogP contribution is -1.82. The quantitative estimate of drug-likeness (QED) is 0.713. The minimum absolute atomic E-state index is 0.187. The highest BCUT2D eigenvalue weighted by atomic mass is 79.9. The largest absolute Gasteiger partial charge is 0.206 e. The van der Waals surface area contributed by atoms with Gasteiger partial charge < -0.3 is 0 Å². The van der Waals surface area contributed by atoms with Gasteiger partial charge in [0.2, 0.25) is 0 Å². The summed E-state index contributed by atoms with van der Waals surface area (Å²) in [5, 5.41) is 3.87. The summed E-state index contributed by atoms with van der Waals surface area (Å²) in [5.74, 6) is -0.187. The maximum atomic E-state index is 13.4. The molecule has 0 spiro atoms. The molecule has 0 nitrogen and oxygen atoms in total. The molecule has 0 aliphatic rings. The van der Waals surface area contributed by atoms with Crippen molar-refractivity contribution in [2.45, 2.75) is 0 Å². The summed E-state index contributed by atoms with van der Waals surface area (Å²) >= 11 is 4.90. The van der Waals surface area contributed by atoms with E-state index < -0.39 is 0 Å². The number of thiophene rings is 1. The topological polar surface area (TPSA) is 0 Å². The summed E-state index contributed by atoms with van der Waals surface area (Å²) in [7, 11) is 0. The third-order valence-electron chi connectivity index (χ3n) is 1.77. The van der Waals surface area contributed by atoms with Crippen LogP contribution >= 0.6 is 27.3 Å². The fourth-order valence-electron chi connectivity index (χ4n) is 1.18. The molecule has 2 aromatic rings. The average Bonchev–Trinajstić information content (AvgIpc) is 2.57. The van der Waals surface area contributed by atoms with Gasteiger partial charge in [-0.05, 0) is 34.5 Å². The average molecular weight is 257 g/mol. The minimum Gasteiger partial charge on any atom is -0.206 e. The van der Waals surface area contributed by atoms with Crippen molar-refractivity contribution in [3.63, 3.8) is 0 Å². The van der Waals surface area contributed by atoms with E-state index in [1.807, 2.05) is 22.9 Å². The Morgan fingerprint density at radius 3 is 2.69 bits per heavy atom. The molecule has 0 saturated heterocycles. The van der Waals surface area contributed by atoms with Crippen LogP contribution in [0.5, 0.6) is 0 Å². The first-order valence-corrected chi connectivity index (χ1v) is 5.49. The molecule has 1 aromatic carbocycles. The maximum absolute atomic E-state index is 13.4. The predicted molar refractivity (Wildman–Crippen MR) is 57.4 cm³/mol. The molecule has 0 amide bonds. The van der Waals surface area contributed by atoms with Crippen LogP contribution < -0.4 is 0 Å². The van der Waals surface area contributed by atoms with E-state index in [9.17, 15) is 4.39 Å². The van der Waals surface area contributed by atoms with Crippen molar-refractivity contribution in [3.05, 3.63) is 45.3 Å². The summed E-state index contributed by atoms with van der Waals surface area (Å²) in [6, 6.07) is 6.91. The van der Waals surface area contributed by atoms with Gasteiger partial charge in [0, 0.05) is 10.0 Å². The van der Waals surface area contributed by atoms with Crippen molar-refractivity contribution >= 4 is 27.3 Å². The summed E-state index contributed by atoms with van der Waals surface area (Å²) in [5.41, 5.74) is 1.57. The van der Waals surface area contributed by atoms with Crippen molar-refractivity contribution in [1.29, 1.82) is 0 Å². The molecule has 13 heavy (non-hydrogen) atoms. The second-order valence-electron chi connectivity index (χ2n) is 2.61. The molecular weight excluding hydrogens is 251 g/mol. The SMILES string of the molecule is Fc1cccc(Br)c1-c1ccsc1. The van der Waals surface area contributed by atoms with E-state index >= 15 is 0 Å². The Hall–Kier alpha value is -0.670. The molecule has 0 radical (unpaired) electrons. The van der Waals surface area contributed by atoms with Crippen molar-refractivity contribution in [3.8, 4) is 11.1 Å². The zero-order valence-corrected chi connectivity index (χ0v) is 9.03. The first kappa shape index (κ1) is 8.91. The van der Waals surface area contributed by atoms with E-state index in [0.29, 0.717) is 5.56 Å². The highest BCUT2D eigenvalue weighted by molar-refractivity contribution is 9.10. The molecule has 2 rings (SSSR count). The molecule has 0 aliphatic carbocycles. The van der Waals surface area contributed by atoms with Crippen LogP contribution in [-0.2, 0) is 0 Å². The fourth-order valence-corrected chi connectivity index (χ4v) is 2.40. The molecule has 0 saturated carbocycles.